The predicted molar refractivity (Wildman–Crippen MR) is 80.8 cm³/mol. The number of hydrogen-bond donors (Lipinski definition) is 2. The van der Waals surface area contributed by atoms with Gasteiger partial charge in [0.25, 0.3) is 0 Å². The second kappa shape index (κ2) is 6.44. The van der Waals surface area contributed by atoms with Crippen molar-refractivity contribution in [3.63, 3.8) is 0 Å². The topological polar surface area (TPSA) is 52.6 Å². The molecule has 116 valence electrons. The van der Waals surface area contributed by atoms with Crippen molar-refractivity contribution in [2.75, 3.05) is 19.6 Å². The van der Waals surface area contributed by atoms with Crippen LogP contribution in [0, 0.1) is 11.8 Å². The van der Waals surface area contributed by atoms with Crippen LogP contribution >= 0.6 is 0 Å². The van der Waals surface area contributed by atoms with Gasteiger partial charge in [0.1, 0.15) is 5.54 Å². The van der Waals surface area contributed by atoms with E-state index < -0.39 is 11.5 Å². The maximum atomic E-state index is 11.6. The van der Waals surface area contributed by atoms with Gasteiger partial charge in [-0.2, -0.15) is 0 Å². The maximum Gasteiger partial charge on any atom is 0.324 e. The minimum Gasteiger partial charge on any atom is -0.480 e. The summed E-state index contributed by atoms with van der Waals surface area (Å²) in [7, 11) is 0. The van der Waals surface area contributed by atoms with Gasteiger partial charge in [-0.15, -0.1) is 0 Å². The lowest BCUT2D eigenvalue weighted by molar-refractivity contribution is -0.145. The number of carboxylic acids is 1. The van der Waals surface area contributed by atoms with Crippen molar-refractivity contribution >= 4 is 5.97 Å². The van der Waals surface area contributed by atoms with Crippen molar-refractivity contribution in [1.29, 1.82) is 0 Å². The number of nitrogens with one attached hydrogen (secondary N) is 1. The van der Waals surface area contributed by atoms with Gasteiger partial charge < -0.3 is 10.0 Å². The molecule has 0 bridgehead atoms. The molecule has 0 spiro atoms. The standard InChI is InChI=1S/C16H30N2O2/c1-12(2)13-5-4-9-18(10-8-13)11-16(3,15(19)20)17-14-6-7-14/h12-14,17H,4-11H2,1-3H3,(H,19,20). The molecule has 1 saturated carbocycles. The fourth-order valence-electron chi connectivity index (χ4n) is 3.31. The molecule has 1 aliphatic carbocycles. The minimum atomic E-state index is -0.793. The van der Waals surface area contributed by atoms with Gasteiger partial charge in [0.15, 0.2) is 0 Å². The van der Waals surface area contributed by atoms with E-state index in [0.29, 0.717) is 12.6 Å². The normalized spacial score (nSPS) is 28.1. The fraction of sp³-hybridized carbons (Fsp3) is 0.938. The summed E-state index contributed by atoms with van der Waals surface area (Å²) in [6.07, 6.45) is 5.93. The van der Waals surface area contributed by atoms with Crippen LogP contribution in [0.2, 0.25) is 0 Å². The Labute approximate surface area is 122 Å². The van der Waals surface area contributed by atoms with Crippen molar-refractivity contribution < 1.29 is 9.90 Å². The molecule has 2 aliphatic rings. The van der Waals surface area contributed by atoms with E-state index in [-0.39, 0.29) is 0 Å². The Morgan fingerprint density at radius 2 is 2.00 bits per heavy atom. The Bertz CT molecular complexity index is 341. The molecular formula is C16H30N2O2. The van der Waals surface area contributed by atoms with Crippen LogP contribution in [0.15, 0.2) is 0 Å². The molecule has 0 aromatic rings. The molecule has 4 nitrogen and oxygen atoms in total. The first-order valence-electron chi connectivity index (χ1n) is 8.14. The Balaban J connectivity index is 1.91. The molecule has 2 N–H and O–H groups in total. The largest absolute Gasteiger partial charge is 0.480 e. The van der Waals surface area contributed by atoms with Crippen molar-refractivity contribution in [3.05, 3.63) is 0 Å². The van der Waals surface area contributed by atoms with Gasteiger partial charge in [0, 0.05) is 12.6 Å². The third kappa shape index (κ3) is 4.19. The average molecular weight is 282 g/mol. The van der Waals surface area contributed by atoms with Crippen molar-refractivity contribution in [2.45, 2.75) is 64.5 Å². The highest BCUT2D eigenvalue weighted by Gasteiger charge is 2.40. The van der Waals surface area contributed by atoms with E-state index in [1.54, 1.807) is 0 Å². The highest BCUT2D eigenvalue weighted by atomic mass is 16.4. The van der Waals surface area contributed by atoms with Gasteiger partial charge >= 0.3 is 5.97 Å². The number of aliphatic carboxylic acids is 1. The molecular weight excluding hydrogens is 252 g/mol. The molecule has 1 heterocycles. The molecule has 2 fully saturated rings. The van der Waals surface area contributed by atoms with E-state index in [2.05, 4.69) is 24.1 Å². The van der Waals surface area contributed by atoms with E-state index in [1.807, 2.05) is 6.92 Å². The first-order valence-corrected chi connectivity index (χ1v) is 8.14. The summed E-state index contributed by atoms with van der Waals surface area (Å²) in [5, 5.41) is 12.9. The number of carbonyl (C=O) groups is 1. The zero-order valence-corrected chi connectivity index (χ0v) is 13.2. The van der Waals surface area contributed by atoms with Crippen LogP contribution in [0.25, 0.3) is 0 Å². The van der Waals surface area contributed by atoms with Gasteiger partial charge in [0.2, 0.25) is 0 Å². The van der Waals surface area contributed by atoms with E-state index in [1.165, 1.54) is 19.3 Å². The van der Waals surface area contributed by atoms with Crippen molar-refractivity contribution in [1.82, 2.24) is 10.2 Å². The van der Waals surface area contributed by atoms with Crippen LogP contribution in [0.3, 0.4) is 0 Å². The van der Waals surface area contributed by atoms with Crippen molar-refractivity contribution in [3.8, 4) is 0 Å². The highest BCUT2D eigenvalue weighted by molar-refractivity contribution is 5.78. The number of rotatable bonds is 6. The summed E-state index contributed by atoms with van der Waals surface area (Å²) in [6.45, 7) is 9.16. The van der Waals surface area contributed by atoms with Gasteiger partial charge in [-0.25, -0.2) is 0 Å². The van der Waals surface area contributed by atoms with Gasteiger partial charge in [-0.05, 0) is 64.0 Å². The smallest absolute Gasteiger partial charge is 0.324 e. The molecule has 1 aliphatic heterocycles. The zero-order chi connectivity index (χ0) is 14.8. The van der Waals surface area contributed by atoms with Gasteiger partial charge in [-0.3, -0.25) is 10.1 Å². The van der Waals surface area contributed by atoms with Crippen LogP contribution < -0.4 is 5.32 Å². The monoisotopic (exact) mass is 282 g/mol. The van der Waals surface area contributed by atoms with Crippen LogP contribution in [0.5, 0.6) is 0 Å². The van der Waals surface area contributed by atoms with E-state index >= 15 is 0 Å². The quantitative estimate of drug-likeness (QED) is 0.785. The molecule has 20 heavy (non-hydrogen) atoms. The predicted octanol–water partition coefficient (Wildman–Crippen LogP) is 2.34. The number of carboxylic acid groups (broad SMARTS) is 1. The molecule has 0 aromatic carbocycles. The lowest BCUT2D eigenvalue weighted by Crippen LogP contribution is -2.57. The SMILES string of the molecule is CC(C)C1CCCN(CC(C)(NC2CC2)C(=O)O)CC1. The third-order valence-electron chi connectivity index (χ3n) is 4.92. The third-order valence-corrected chi connectivity index (χ3v) is 4.92. The molecule has 2 unspecified atom stereocenters. The Morgan fingerprint density at radius 3 is 2.55 bits per heavy atom. The number of likely N-dealkylation sites (tertiary alicyclic amines) is 1. The van der Waals surface area contributed by atoms with Crippen LogP contribution in [0.1, 0.15) is 52.9 Å². The average Bonchev–Trinajstić information content (AvgIpc) is 3.16. The summed E-state index contributed by atoms with van der Waals surface area (Å²) in [5.41, 5.74) is -0.793. The minimum absolute atomic E-state index is 0.423. The lowest BCUT2D eigenvalue weighted by atomic mass is 9.89. The second-order valence-electron chi connectivity index (χ2n) is 7.27. The zero-order valence-electron chi connectivity index (χ0n) is 13.2. The summed E-state index contributed by atoms with van der Waals surface area (Å²) >= 11 is 0. The van der Waals surface area contributed by atoms with Crippen LogP contribution in [-0.2, 0) is 4.79 Å². The molecule has 0 radical (unpaired) electrons. The van der Waals surface area contributed by atoms with Crippen LogP contribution in [-0.4, -0.2) is 47.2 Å². The Kier molecular flexibility index (Phi) is 5.08. The van der Waals surface area contributed by atoms with Gasteiger partial charge in [-0.1, -0.05) is 13.8 Å². The first kappa shape index (κ1) is 15.8. The number of hydrogen-bond acceptors (Lipinski definition) is 3. The lowest BCUT2D eigenvalue weighted by Gasteiger charge is -2.33. The molecule has 2 rings (SSSR count). The van der Waals surface area contributed by atoms with Crippen molar-refractivity contribution in [2.24, 2.45) is 11.8 Å². The van der Waals surface area contributed by atoms with E-state index in [0.717, 1.165) is 37.8 Å². The van der Waals surface area contributed by atoms with Gasteiger partial charge in [0.05, 0.1) is 0 Å². The fourth-order valence-corrected chi connectivity index (χ4v) is 3.31. The molecule has 0 amide bonds. The molecule has 2 atom stereocenters. The highest BCUT2D eigenvalue weighted by Crippen LogP contribution is 2.27. The Morgan fingerprint density at radius 1 is 1.30 bits per heavy atom. The van der Waals surface area contributed by atoms with E-state index in [9.17, 15) is 9.90 Å². The second-order valence-corrected chi connectivity index (χ2v) is 7.27. The summed E-state index contributed by atoms with van der Waals surface area (Å²) in [4.78, 5) is 14.0. The Hall–Kier alpha value is -0.610. The maximum absolute atomic E-state index is 11.6. The molecule has 1 saturated heterocycles. The molecule has 0 aromatic heterocycles. The van der Waals surface area contributed by atoms with Crippen LogP contribution in [0.4, 0.5) is 0 Å². The summed E-state index contributed by atoms with van der Waals surface area (Å²) < 4.78 is 0. The summed E-state index contributed by atoms with van der Waals surface area (Å²) in [6, 6.07) is 0.423. The molecule has 4 heteroatoms. The number of nitrogens with zero attached hydrogens (tertiary/aromatic N) is 1. The van der Waals surface area contributed by atoms with E-state index in [4.69, 9.17) is 0 Å². The first-order chi connectivity index (χ1) is 9.40. The summed E-state index contributed by atoms with van der Waals surface area (Å²) in [5.74, 6) is 0.826.